The van der Waals surface area contributed by atoms with E-state index in [1.165, 1.54) is 38.5 Å². The normalized spacial score (nSPS) is 28.8. The van der Waals surface area contributed by atoms with E-state index in [0.717, 1.165) is 67.4 Å². The third-order valence-electron chi connectivity index (χ3n) is 11.3. The smallest absolute Gasteiger partial charge is 0.293 e. The Bertz CT molecular complexity index is 923. The van der Waals surface area contributed by atoms with Crippen LogP contribution in [0.4, 0.5) is 0 Å². The highest BCUT2D eigenvalue weighted by atomic mass is 16.5. The van der Waals surface area contributed by atoms with Gasteiger partial charge in [-0.15, -0.1) is 0 Å². The SMILES string of the molecule is CCCCC(C(CCO)C1CCC(C(C)CCCC(C)C)C1)C1(C)CCC(OC=O)CC1C(=O)c1ccc(C)cc1. The molecule has 0 bridgehead atoms. The molecule has 41 heavy (non-hydrogen) atoms. The van der Waals surface area contributed by atoms with E-state index in [-0.39, 0.29) is 29.8 Å². The molecule has 8 unspecified atom stereocenters. The lowest BCUT2D eigenvalue weighted by Crippen LogP contribution is -2.49. The van der Waals surface area contributed by atoms with Crippen molar-refractivity contribution in [2.45, 2.75) is 131 Å². The molecule has 0 aliphatic heterocycles. The van der Waals surface area contributed by atoms with Crippen molar-refractivity contribution >= 4 is 12.3 Å². The molecular weight excluding hydrogens is 508 g/mol. The van der Waals surface area contributed by atoms with Crippen molar-refractivity contribution in [2.75, 3.05) is 6.61 Å². The third kappa shape index (κ3) is 8.91. The largest absolute Gasteiger partial charge is 0.465 e. The number of Topliss-reactive ketones (excluding diaryl/α,β-unsaturated/α-hetero) is 1. The van der Waals surface area contributed by atoms with Crippen LogP contribution in [0.3, 0.4) is 0 Å². The third-order valence-corrected chi connectivity index (χ3v) is 11.3. The number of aliphatic hydroxyl groups is 1. The summed E-state index contributed by atoms with van der Waals surface area (Å²) in [7, 11) is 0. The lowest BCUT2D eigenvalue weighted by molar-refractivity contribution is -0.139. The van der Waals surface area contributed by atoms with Crippen molar-refractivity contribution < 1.29 is 19.4 Å². The number of unbranched alkanes of at least 4 members (excludes halogenated alkanes) is 1. The van der Waals surface area contributed by atoms with E-state index < -0.39 is 0 Å². The quantitative estimate of drug-likeness (QED) is 0.150. The van der Waals surface area contributed by atoms with E-state index in [1.807, 2.05) is 31.2 Å². The second-order valence-corrected chi connectivity index (χ2v) is 14.5. The van der Waals surface area contributed by atoms with Crippen molar-refractivity contribution in [2.24, 2.45) is 46.8 Å². The minimum Gasteiger partial charge on any atom is -0.465 e. The Hall–Kier alpha value is -1.68. The summed E-state index contributed by atoms with van der Waals surface area (Å²) in [6.45, 7) is 14.6. The van der Waals surface area contributed by atoms with Crippen LogP contribution in [0.2, 0.25) is 0 Å². The molecule has 0 saturated heterocycles. The topological polar surface area (TPSA) is 63.6 Å². The Morgan fingerprint density at radius 3 is 2.34 bits per heavy atom. The van der Waals surface area contributed by atoms with Crippen molar-refractivity contribution in [1.82, 2.24) is 0 Å². The zero-order valence-corrected chi connectivity index (χ0v) is 27.1. The van der Waals surface area contributed by atoms with Crippen LogP contribution in [0.1, 0.15) is 134 Å². The number of carbonyl (C=O) groups is 2. The second kappa shape index (κ2) is 16.2. The van der Waals surface area contributed by atoms with Crippen LogP contribution in [0.15, 0.2) is 24.3 Å². The summed E-state index contributed by atoms with van der Waals surface area (Å²) in [5.41, 5.74) is 1.72. The van der Waals surface area contributed by atoms with Gasteiger partial charge in [-0.05, 0) is 99.2 Å². The molecule has 0 aromatic heterocycles. The summed E-state index contributed by atoms with van der Waals surface area (Å²) < 4.78 is 5.49. The Labute approximate surface area is 251 Å². The summed E-state index contributed by atoms with van der Waals surface area (Å²) in [4.78, 5) is 25.6. The van der Waals surface area contributed by atoms with E-state index in [1.54, 1.807) is 0 Å². The van der Waals surface area contributed by atoms with Gasteiger partial charge >= 0.3 is 0 Å². The maximum Gasteiger partial charge on any atom is 0.293 e. The van der Waals surface area contributed by atoms with Gasteiger partial charge in [0.25, 0.3) is 6.47 Å². The van der Waals surface area contributed by atoms with E-state index in [2.05, 4.69) is 34.6 Å². The summed E-state index contributed by atoms with van der Waals surface area (Å²) in [6, 6.07) is 7.99. The number of hydrogen-bond donors (Lipinski definition) is 1. The number of aliphatic hydroxyl groups excluding tert-OH is 1. The van der Waals surface area contributed by atoms with Crippen molar-refractivity contribution in [3.8, 4) is 0 Å². The summed E-state index contributed by atoms with van der Waals surface area (Å²) in [6.07, 6.45) is 14.0. The summed E-state index contributed by atoms with van der Waals surface area (Å²) >= 11 is 0. The molecule has 0 heterocycles. The van der Waals surface area contributed by atoms with E-state index in [9.17, 15) is 14.7 Å². The van der Waals surface area contributed by atoms with Crippen LogP contribution in [0, 0.1) is 53.8 Å². The van der Waals surface area contributed by atoms with Gasteiger partial charge in [0.15, 0.2) is 5.78 Å². The molecule has 0 radical (unpaired) electrons. The molecule has 2 aliphatic carbocycles. The molecule has 2 aliphatic rings. The van der Waals surface area contributed by atoms with Crippen LogP contribution in [-0.2, 0) is 9.53 Å². The molecule has 1 aromatic carbocycles. The molecule has 4 heteroatoms. The number of aryl methyl sites for hydroxylation is 1. The molecule has 8 atom stereocenters. The maximum atomic E-state index is 14.3. The first kappa shape index (κ1) is 33.8. The van der Waals surface area contributed by atoms with Gasteiger partial charge in [0.05, 0.1) is 0 Å². The molecule has 2 fully saturated rings. The maximum absolute atomic E-state index is 14.3. The summed E-state index contributed by atoms with van der Waals surface area (Å²) in [5, 5.41) is 10.4. The van der Waals surface area contributed by atoms with Gasteiger partial charge in [0, 0.05) is 18.1 Å². The highest BCUT2D eigenvalue weighted by molar-refractivity contribution is 5.98. The number of hydrogen-bond acceptors (Lipinski definition) is 4. The van der Waals surface area contributed by atoms with Crippen molar-refractivity contribution in [3.63, 3.8) is 0 Å². The highest BCUT2D eigenvalue weighted by Crippen LogP contribution is 2.56. The predicted molar refractivity (Wildman–Crippen MR) is 169 cm³/mol. The first-order chi connectivity index (χ1) is 19.6. The predicted octanol–water partition coefficient (Wildman–Crippen LogP) is 9.21. The molecule has 0 amide bonds. The summed E-state index contributed by atoms with van der Waals surface area (Å²) in [5.74, 6) is 3.69. The highest BCUT2D eigenvalue weighted by Gasteiger charge is 2.52. The molecule has 1 N–H and O–H groups in total. The number of benzene rings is 1. The van der Waals surface area contributed by atoms with Crippen molar-refractivity contribution in [1.29, 1.82) is 0 Å². The first-order valence-electron chi connectivity index (χ1n) is 16.9. The van der Waals surface area contributed by atoms with Crippen molar-refractivity contribution in [3.05, 3.63) is 35.4 Å². The van der Waals surface area contributed by atoms with Gasteiger partial charge in [-0.2, -0.15) is 0 Å². The molecule has 3 rings (SSSR count). The van der Waals surface area contributed by atoms with Gasteiger partial charge in [-0.1, -0.05) is 96.6 Å². The Balaban J connectivity index is 1.90. The molecule has 1 aromatic rings. The minimum atomic E-state index is -0.203. The number of rotatable bonds is 17. The molecule has 2 saturated carbocycles. The van der Waals surface area contributed by atoms with Crippen LogP contribution in [-0.4, -0.2) is 30.1 Å². The fourth-order valence-corrected chi connectivity index (χ4v) is 8.68. The van der Waals surface area contributed by atoms with E-state index >= 15 is 0 Å². The van der Waals surface area contributed by atoms with Gasteiger partial charge in [0.1, 0.15) is 6.10 Å². The number of ketones is 1. The molecule has 0 spiro atoms. The number of carbonyl (C=O) groups excluding carboxylic acids is 2. The fraction of sp³-hybridized carbons (Fsp3) is 0.784. The average molecular weight is 569 g/mol. The van der Waals surface area contributed by atoms with Crippen LogP contribution >= 0.6 is 0 Å². The standard InChI is InChI=1S/C37H60O4/c1-7-8-12-34(33(20-22-38)31-18-17-30(23-31)28(5)11-9-10-26(2)3)37(6)21-19-32(41-25-39)24-35(37)36(40)29-15-13-27(4)14-16-29/h13-16,25-26,28,30-35,38H,7-12,17-24H2,1-6H3. The lowest BCUT2D eigenvalue weighted by atomic mass is 9.53. The van der Waals surface area contributed by atoms with E-state index in [0.29, 0.717) is 30.6 Å². The zero-order valence-electron chi connectivity index (χ0n) is 27.1. The molecule has 4 nitrogen and oxygen atoms in total. The van der Waals surface area contributed by atoms with Gasteiger partial charge in [-0.3, -0.25) is 9.59 Å². The number of ether oxygens (including phenoxy) is 1. The van der Waals surface area contributed by atoms with Crippen LogP contribution in [0.5, 0.6) is 0 Å². The zero-order chi connectivity index (χ0) is 30.0. The van der Waals surface area contributed by atoms with Gasteiger partial charge in [-0.25, -0.2) is 0 Å². The average Bonchev–Trinajstić information content (AvgIpc) is 3.44. The first-order valence-corrected chi connectivity index (χ1v) is 16.9. The fourth-order valence-electron chi connectivity index (χ4n) is 8.68. The lowest BCUT2D eigenvalue weighted by Gasteiger charge is -2.52. The Morgan fingerprint density at radius 2 is 1.71 bits per heavy atom. The van der Waals surface area contributed by atoms with E-state index in [4.69, 9.17) is 4.74 Å². The molecular formula is C37H60O4. The monoisotopic (exact) mass is 568 g/mol. The van der Waals surface area contributed by atoms with Gasteiger partial charge in [0.2, 0.25) is 0 Å². The second-order valence-electron chi connectivity index (χ2n) is 14.5. The Kier molecular flexibility index (Phi) is 13.4. The minimum absolute atomic E-state index is 0.194. The van der Waals surface area contributed by atoms with Crippen LogP contribution in [0.25, 0.3) is 0 Å². The Morgan fingerprint density at radius 1 is 1.00 bits per heavy atom. The van der Waals surface area contributed by atoms with Gasteiger partial charge < -0.3 is 9.84 Å². The molecule has 232 valence electrons. The van der Waals surface area contributed by atoms with Crippen LogP contribution < -0.4 is 0 Å².